The molecule has 0 radical (unpaired) electrons. The maximum atomic E-state index is 10.4. The lowest BCUT2D eigenvalue weighted by atomic mass is 10.2. The first-order chi connectivity index (χ1) is 7.58. The van der Waals surface area contributed by atoms with Crippen molar-refractivity contribution in [3.05, 3.63) is 35.7 Å². The summed E-state index contributed by atoms with van der Waals surface area (Å²) in [6.07, 6.45) is 2.59. The van der Waals surface area contributed by atoms with E-state index >= 15 is 0 Å². The molecule has 2 rings (SSSR count). The predicted molar refractivity (Wildman–Crippen MR) is 62.1 cm³/mol. The molecule has 2 aromatic rings. The number of carbonyl (C=O) groups is 1. The van der Waals surface area contributed by atoms with Crippen LogP contribution in [0.4, 0.5) is 0 Å². The number of hydrogen-bond acceptors (Lipinski definition) is 2. The van der Waals surface area contributed by atoms with Crippen LogP contribution in [-0.4, -0.2) is 20.6 Å². The number of nitrogens with zero attached hydrogens (tertiary/aromatic N) is 2. The van der Waals surface area contributed by atoms with Crippen molar-refractivity contribution >= 4 is 23.1 Å². The van der Waals surface area contributed by atoms with Gasteiger partial charge in [0.15, 0.2) is 0 Å². The topological polar surface area (TPSA) is 55.1 Å². The average Bonchev–Trinajstić information content (AvgIpc) is 2.53. The summed E-state index contributed by atoms with van der Waals surface area (Å²) in [6.45, 7) is 2.01. The molecule has 0 unspecified atom stereocenters. The molecule has 0 aliphatic carbocycles. The number of fused-ring (bicyclic) bond motifs is 1. The molecule has 1 heterocycles. The van der Waals surface area contributed by atoms with E-state index in [0.717, 1.165) is 22.7 Å². The third-order valence-electron chi connectivity index (χ3n) is 2.45. The van der Waals surface area contributed by atoms with E-state index in [4.69, 9.17) is 5.11 Å². The Kier molecular flexibility index (Phi) is 2.48. The van der Waals surface area contributed by atoms with Crippen molar-refractivity contribution in [1.29, 1.82) is 0 Å². The Labute approximate surface area is 92.8 Å². The summed E-state index contributed by atoms with van der Waals surface area (Å²) >= 11 is 0. The fourth-order valence-corrected chi connectivity index (χ4v) is 1.61. The molecular formula is C12H12N2O2. The molecule has 1 aromatic heterocycles. The summed E-state index contributed by atoms with van der Waals surface area (Å²) in [4.78, 5) is 14.8. The fraction of sp³-hybridized carbons (Fsp3) is 0.167. The van der Waals surface area contributed by atoms with Crippen molar-refractivity contribution in [2.24, 2.45) is 7.05 Å². The first kappa shape index (κ1) is 10.4. The molecule has 4 heteroatoms. The summed E-state index contributed by atoms with van der Waals surface area (Å²) in [5, 5.41) is 8.56. The highest BCUT2D eigenvalue weighted by atomic mass is 16.4. The number of imidazole rings is 1. The fourth-order valence-electron chi connectivity index (χ4n) is 1.61. The van der Waals surface area contributed by atoms with Crippen LogP contribution in [0.3, 0.4) is 0 Å². The third-order valence-corrected chi connectivity index (χ3v) is 2.45. The Morgan fingerprint density at radius 1 is 1.50 bits per heavy atom. The van der Waals surface area contributed by atoms with E-state index in [2.05, 4.69) is 4.98 Å². The highest BCUT2D eigenvalue weighted by Gasteiger charge is 2.05. The molecular weight excluding hydrogens is 204 g/mol. The van der Waals surface area contributed by atoms with Gasteiger partial charge in [0.2, 0.25) is 0 Å². The second-order valence-electron chi connectivity index (χ2n) is 3.69. The van der Waals surface area contributed by atoms with E-state index < -0.39 is 5.97 Å². The summed E-state index contributed by atoms with van der Waals surface area (Å²) in [5.74, 6) is -0.328. The van der Waals surface area contributed by atoms with Crippen LogP contribution in [0.2, 0.25) is 0 Å². The number of aliphatic carboxylic acids is 1. The number of rotatable bonds is 2. The number of aryl methyl sites for hydroxylation is 2. The van der Waals surface area contributed by atoms with Crippen LogP contribution < -0.4 is 0 Å². The zero-order valence-electron chi connectivity index (χ0n) is 9.14. The van der Waals surface area contributed by atoms with Crippen LogP contribution in [-0.2, 0) is 11.8 Å². The van der Waals surface area contributed by atoms with E-state index in [1.807, 2.05) is 36.7 Å². The van der Waals surface area contributed by atoms with Crippen LogP contribution in [0, 0.1) is 6.92 Å². The number of benzene rings is 1. The first-order valence-electron chi connectivity index (χ1n) is 4.92. The molecule has 0 saturated heterocycles. The first-order valence-corrected chi connectivity index (χ1v) is 4.92. The molecule has 0 amide bonds. The Balaban J connectivity index is 2.56. The van der Waals surface area contributed by atoms with Gasteiger partial charge in [-0.15, -0.1) is 0 Å². The van der Waals surface area contributed by atoms with E-state index in [9.17, 15) is 4.79 Å². The summed E-state index contributed by atoms with van der Waals surface area (Å²) in [7, 11) is 1.87. The maximum absolute atomic E-state index is 10.4. The Morgan fingerprint density at radius 2 is 2.25 bits per heavy atom. The highest BCUT2D eigenvalue weighted by molar-refractivity contribution is 5.86. The van der Waals surface area contributed by atoms with Gasteiger partial charge in [0.05, 0.1) is 11.0 Å². The molecule has 0 aliphatic heterocycles. The minimum atomic E-state index is -0.969. The number of carboxylic acid groups (broad SMARTS) is 1. The molecule has 4 nitrogen and oxygen atoms in total. The maximum Gasteiger partial charge on any atom is 0.328 e. The largest absolute Gasteiger partial charge is 0.478 e. The zero-order valence-corrected chi connectivity index (χ0v) is 9.14. The van der Waals surface area contributed by atoms with Gasteiger partial charge in [-0.05, 0) is 30.7 Å². The lowest BCUT2D eigenvalue weighted by molar-refractivity contribution is -0.131. The third kappa shape index (κ3) is 1.82. The van der Waals surface area contributed by atoms with Crippen LogP contribution in [0.15, 0.2) is 24.3 Å². The molecule has 82 valence electrons. The van der Waals surface area contributed by atoms with Crippen LogP contribution in [0.5, 0.6) is 0 Å². The molecule has 0 fully saturated rings. The lowest BCUT2D eigenvalue weighted by Crippen LogP contribution is -1.93. The van der Waals surface area contributed by atoms with Gasteiger partial charge in [-0.3, -0.25) is 0 Å². The summed E-state index contributed by atoms with van der Waals surface area (Å²) < 4.78 is 1.88. The predicted octanol–water partition coefficient (Wildman–Crippen LogP) is 1.98. The summed E-state index contributed by atoms with van der Waals surface area (Å²) in [6, 6.07) is 5.95. The van der Waals surface area contributed by atoms with Crippen molar-refractivity contribution in [2.75, 3.05) is 0 Å². The van der Waals surface area contributed by atoms with Crippen molar-refractivity contribution < 1.29 is 9.90 Å². The van der Waals surface area contributed by atoms with Crippen molar-refractivity contribution in [3.63, 3.8) is 0 Å². The number of aromatic nitrogens is 2. The van der Waals surface area contributed by atoms with Crippen LogP contribution >= 0.6 is 0 Å². The van der Waals surface area contributed by atoms with Crippen molar-refractivity contribution in [2.45, 2.75) is 6.92 Å². The van der Waals surface area contributed by atoms with E-state index in [0.29, 0.717) is 5.82 Å². The summed E-state index contributed by atoms with van der Waals surface area (Å²) in [5.41, 5.74) is 3.03. The Hall–Kier alpha value is -2.10. The highest BCUT2D eigenvalue weighted by Crippen LogP contribution is 2.17. The second kappa shape index (κ2) is 3.81. The standard InChI is InChI=1S/C12H12N2O2/c1-8-3-4-9-10(7-8)14(2)11(13-9)5-6-12(15)16/h3-7H,1-2H3,(H,15,16)/b6-5+. The van der Waals surface area contributed by atoms with Gasteiger partial charge in [-0.25, -0.2) is 9.78 Å². The van der Waals surface area contributed by atoms with Gasteiger partial charge in [-0.2, -0.15) is 0 Å². The minimum absolute atomic E-state index is 0.642. The molecule has 0 saturated carbocycles. The Bertz CT molecular complexity index is 582. The van der Waals surface area contributed by atoms with E-state index in [1.54, 1.807) is 0 Å². The number of carboxylic acids is 1. The van der Waals surface area contributed by atoms with Gasteiger partial charge in [0.1, 0.15) is 5.82 Å². The van der Waals surface area contributed by atoms with Gasteiger partial charge >= 0.3 is 5.97 Å². The average molecular weight is 216 g/mol. The SMILES string of the molecule is Cc1ccc2nc(/C=C/C(=O)O)n(C)c2c1. The quantitative estimate of drug-likeness (QED) is 0.781. The van der Waals surface area contributed by atoms with Crippen molar-refractivity contribution in [1.82, 2.24) is 9.55 Å². The van der Waals surface area contributed by atoms with Gasteiger partial charge in [-0.1, -0.05) is 6.07 Å². The molecule has 1 N–H and O–H groups in total. The smallest absolute Gasteiger partial charge is 0.328 e. The molecule has 16 heavy (non-hydrogen) atoms. The van der Waals surface area contributed by atoms with Gasteiger partial charge in [0, 0.05) is 13.1 Å². The number of hydrogen-bond donors (Lipinski definition) is 1. The Morgan fingerprint density at radius 3 is 2.94 bits per heavy atom. The zero-order chi connectivity index (χ0) is 11.7. The van der Waals surface area contributed by atoms with Gasteiger partial charge in [0.25, 0.3) is 0 Å². The minimum Gasteiger partial charge on any atom is -0.478 e. The van der Waals surface area contributed by atoms with E-state index in [-0.39, 0.29) is 0 Å². The molecule has 1 aromatic carbocycles. The van der Waals surface area contributed by atoms with Crippen molar-refractivity contribution in [3.8, 4) is 0 Å². The molecule has 0 bridgehead atoms. The van der Waals surface area contributed by atoms with Gasteiger partial charge < -0.3 is 9.67 Å². The second-order valence-corrected chi connectivity index (χ2v) is 3.69. The molecule has 0 aliphatic rings. The lowest BCUT2D eigenvalue weighted by Gasteiger charge is -1.97. The normalized spacial score (nSPS) is 11.4. The van der Waals surface area contributed by atoms with Crippen LogP contribution in [0.25, 0.3) is 17.1 Å². The molecule has 0 atom stereocenters. The van der Waals surface area contributed by atoms with E-state index in [1.165, 1.54) is 6.08 Å². The monoisotopic (exact) mass is 216 g/mol. The van der Waals surface area contributed by atoms with Crippen LogP contribution in [0.1, 0.15) is 11.4 Å². The molecule has 0 spiro atoms.